The van der Waals surface area contributed by atoms with Gasteiger partial charge in [0.2, 0.25) is 10.0 Å². The first-order valence-corrected chi connectivity index (χ1v) is 11.9. The van der Waals surface area contributed by atoms with Crippen LogP contribution in [0.5, 0.6) is 0 Å². The number of fused-ring (bicyclic) bond motifs is 1. The molecule has 0 saturated carbocycles. The lowest BCUT2D eigenvalue weighted by Crippen LogP contribution is -2.40. The number of sulfonamides is 1. The average molecular weight is 442 g/mol. The SMILES string of the molecule is CCCn1ccc2cc(NC(=O)c3ccc(C)c(S(=O)(=O)N4CCOCC4)c3)ccc21. The van der Waals surface area contributed by atoms with E-state index in [1.165, 1.54) is 10.4 Å². The van der Waals surface area contributed by atoms with Crippen molar-refractivity contribution in [2.45, 2.75) is 31.7 Å². The number of anilines is 1. The minimum absolute atomic E-state index is 0.161. The lowest BCUT2D eigenvalue weighted by Gasteiger charge is -2.26. The molecule has 0 unspecified atom stereocenters. The van der Waals surface area contributed by atoms with Gasteiger partial charge in [0.25, 0.3) is 5.91 Å². The predicted octanol–water partition coefficient (Wildman–Crippen LogP) is 3.63. The van der Waals surface area contributed by atoms with Gasteiger partial charge in [-0.1, -0.05) is 13.0 Å². The van der Waals surface area contributed by atoms with E-state index in [1.54, 1.807) is 19.1 Å². The van der Waals surface area contributed by atoms with E-state index >= 15 is 0 Å². The highest BCUT2D eigenvalue weighted by Gasteiger charge is 2.28. The molecule has 1 amide bonds. The van der Waals surface area contributed by atoms with Crippen LogP contribution in [0.3, 0.4) is 0 Å². The Hall–Kier alpha value is -2.68. The topological polar surface area (TPSA) is 80.6 Å². The Morgan fingerprint density at radius 1 is 1.10 bits per heavy atom. The zero-order valence-corrected chi connectivity index (χ0v) is 18.6. The molecule has 2 aromatic carbocycles. The molecule has 1 saturated heterocycles. The standard InChI is InChI=1S/C23H27N3O4S/c1-3-9-25-10-8-18-15-20(6-7-21(18)25)24-23(27)19-5-4-17(2)22(16-19)31(28,29)26-11-13-30-14-12-26/h4-8,10,15-16H,3,9,11-14H2,1-2H3,(H,24,27). The number of nitrogens with one attached hydrogen (secondary N) is 1. The van der Waals surface area contributed by atoms with Gasteiger partial charge in [0, 0.05) is 48.0 Å². The van der Waals surface area contributed by atoms with Crippen LogP contribution >= 0.6 is 0 Å². The fraction of sp³-hybridized carbons (Fsp3) is 0.348. The Balaban J connectivity index is 1.58. The number of carbonyl (C=O) groups excluding carboxylic acids is 1. The molecule has 0 bridgehead atoms. The molecule has 164 valence electrons. The summed E-state index contributed by atoms with van der Waals surface area (Å²) in [4.78, 5) is 13.0. The predicted molar refractivity (Wildman–Crippen MR) is 121 cm³/mol. The molecular formula is C23H27N3O4S. The molecule has 1 N–H and O–H groups in total. The molecular weight excluding hydrogens is 414 g/mol. The number of amides is 1. The van der Waals surface area contributed by atoms with Crippen molar-refractivity contribution < 1.29 is 17.9 Å². The molecule has 0 radical (unpaired) electrons. The number of morpholine rings is 1. The van der Waals surface area contributed by atoms with Crippen molar-refractivity contribution in [1.29, 1.82) is 0 Å². The van der Waals surface area contributed by atoms with Crippen molar-refractivity contribution in [3.8, 4) is 0 Å². The van der Waals surface area contributed by atoms with Gasteiger partial charge < -0.3 is 14.6 Å². The highest BCUT2D eigenvalue weighted by atomic mass is 32.2. The molecule has 1 fully saturated rings. The van der Waals surface area contributed by atoms with E-state index in [2.05, 4.69) is 16.8 Å². The van der Waals surface area contributed by atoms with Crippen LogP contribution in [0.15, 0.2) is 53.6 Å². The largest absolute Gasteiger partial charge is 0.379 e. The van der Waals surface area contributed by atoms with Crippen molar-refractivity contribution >= 4 is 32.5 Å². The van der Waals surface area contributed by atoms with Gasteiger partial charge in [-0.05, 0) is 55.3 Å². The van der Waals surface area contributed by atoms with Crippen molar-refractivity contribution in [2.24, 2.45) is 0 Å². The zero-order valence-electron chi connectivity index (χ0n) is 17.8. The van der Waals surface area contributed by atoms with Crippen LogP contribution in [-0.4, -0.2) is 49.5 Å². The Morgan fingerprint density at radius 3 is 2.61 bits per heavy atom. The van der Waals surface area contributed by atoms with Gasteiger partial charge in [-0.2, -0.15) is 4.31 Å². The number of aryl methyl sites for hydroxylation is 2. The second-order valence-electron chi connectivity index (χ2n) is 7.73. The van der Waals surface area contributed by atoms with Gasteiger partial charge in [-0.25, -0.2) is 8.42 Å². The van der Waals surface area contributed by atoms with E-state index < -0.39 is 10.0 Å². The minimum Gasteiger partial charge on any atom is -0.379 e. The van der Waals surface area contributed by atoms with Gasteiger partial charge in [0.1, 0.15) is 0 Å². The van der Waals surface area contributed by atoms with Crippen LogP contribution in [-0.2, 0) is 21.3 Å². The molecule has 1 aliphatic heterocycles. The van der Waals surface area contributed by atoms with Gasteiger partial charge in [0.05, 0.1) is 18.1 Å². The van der Waals surface area contributed by atoms with Crippen LogP contribution in [0.2, 0.25) is 0 Å². The molecule has 31 heavy (non-hydrogen) atoms. The Kier molecular flexibility index (Phi) is 6.13. The van der Waals surface area contributed by atoms with Gasteiger partial charge in [0.15, 0.2) is 0 Å². The number of carbonyl (C=O) groups is 1. The monoisotopic (exact) mass is 441 g/mol. The summed E-state index contributed by atoms with van der Waals surface area (Å²) >= 11 is 0. The number of benzene rings is 2. The molecule has 7 nitrogen and oxygen atoms in total. The van der Waals surface area contributed by atoms with Gasteiger partial charge >= 0.3 is 0 Å². The highest BCUT2D eigenvalue weighted by Crippen LogP contribution is 2.24. The summed E-state index contributed by atoms with van der Waals surface area (Å²) in [5, 5.41) is 3.94. The number of hydrogen-bond acceptors (Lipinski definition) is 4. The first kappa shape index (κ1) is 21.5. The van der Waals surface area contributed by atoms with E-state index in [9.17, 15) is 13.2 Å². The quantitative estimate of drug-likeness (QED) is 0.633. The summed E-state index contributed by atoms with van der Waals surface area (Å²) < 4.78 is 35.0. The minimum atomic E-state index is -3.68. The third-order valence-corrected chi connectivity index (χ3v) is 7.57. The second-order valence-corrected chi connectivity index (χ2v) is 9.64. The third kappa shape index (κ3) is 4.37. The zero-order chi connectivity index (χ0) is 22.0. The summed E-state index contributed by atoms with van der Waals surface area (Å²) in [7, 11) is -3.68. The number of ether oxygens (including phenoxy) is 1. The fourth-order valence-electron chi connectivity index (χ4n) is 3.86. The smallest absolute Gasteiger partial charge is 0.255 e. The van der Waals surface area contributed by atoms with E-state index in [0.717, 1.165) is 23.9 Å². The van der Waals surface area contributed by atoms with Crippen LogP contribution in [0.25, 0.3) is 10.9 Å². The highest BCUT2D eigenvalue weighted by molar-refractivity contribution is 7.89. The van der Waals surface area contributed by atoms with E-state index in [1.807, 2.05) is 30.5 Å². The number of nitrogens with zero attached hydrogens (tertiary/aromatic N) is 2. The normalized spacial score (nSPS) is 15.3. The number of aromatic nitrogens is 1. The molecule has 1 aromatic heterocycles. The van der Waals surface area contributed by atoms with Crippen molar-refractivity contribution in [1.82, 2.24) is 8.87 Å². The lowest BCUT2D eigenvalue weighted by atomic mass is 10.1. The first-order chi connectivity index (χ1) is 14.9. The van der Waals surface area contributed by atoms with E-state index in [4.69, 9.17) is 4.74 Å². The maximum atomic E-state index is 13.1. The third-order valence-electron chi connectivity index (χ3n) is 5.53. The van der Waals surface area contributed by atoms with Crippen molar-refractivity contribution in [3.63, 3.8) is 0 Å². The van der Waals surface area contributed by atoms with Crippen molar-refractivity contribution in [3.05, 3.63) is 59.8 Å². The summed E-state index contributed by atoms with van der Waals surface area (Å²) in [6, 6.07) is 12.6. The molecule has 0 atom stereocenters. The molecule has 3 aromatic rings. The molecule has 2 heterocycles. The Morgan fingerprint density at radius 2 is 1.87 bits per heavy atom. The maximum Gasteiger partial charge on any atom is 0.255 e. The first-order valence-electron chi connectivity index (χ1n) is 10.5. The summed E-state index contributed by atoms with van der Waals surface area (Å²) in [6.07, 6.45) is 3.09. The molecule has 1 aliphatic rings. The molecule has 4 rings (SSSR count). The summed E-state index contributed by atoms with van der Waals surface area (Å²) in [6.45, 7) is 6.20. The second kappa shape index (κ2) is 8.82. The van der Waals surface area contributed by atoms with Crippen molar-refractivity contribution in [2.75, 3.05) is 31.6 Å². The van der Waals surface area contributed by atoms with Crippen LogP contribution < -0.4 is 5.32 Å². The molecule has 8 heteroatoms. The van der Waals surface area contributed by atoms with E-state index in [-0.39, 0.29) is 10.8 Å². The number of rotatable bonds is 6. The number of hydrogen-bond donors (Lipinski definition) is 1. The Bertz CT molecular complexity index is 1210. The van der Waals surface area contributed by atoms with E-state index in [0.29, 0.717) is 43.1 Å². The average Bonchev–Trinajstić information content (AvgIpc) is 3.17. The van der Waals surface area contributed by atoms with Crippen LogP contribution in [0.4, 0.5) is 5.69 Å². The van der Waals surface area contributed by atoms with Gasteiger partial charge in [-0.15, -0.1) is 0 Å². The fourth-order valence-corrected chi connectivity index (χ4v) is 5.52. The summed E-state index contributed by atoms with van der Waals surface area (Å²) in [5.74, 6) is -0.342. The van der Waals surface area contributed by atoms with Crippen LogP contribution in [0.1, 0.15) is 29.3 Å². The maximum absolute atomic E-state index is 13.1. The lowest BCUT2D eigenvalue weighted by molar-refractivity contribution is 0.0730. The van der Waals surface area contributed by atoms with Gasteiger partial charge in [-0.3, -0.25) is 4.79 Å². The van der Waals surface area contributed by atoms with Crippen LogP contribution in [0, 0.1) is 6.92 Å². The summed E-state index contributed by atoms with van der Waals surface area (Å²) in [5.41, 5.74) is 2.71. The Labute approximate surface area is 182 Å². The molecule has 0 aliphatic carbocycles. The molecule has 0 spiro atoms.